The van der Waals surface area contributed by atoms with Crippen LogP contribution in [-0.2, 0) is 11.2 Å². The van der Waals surface area contributed by atoms with Crippen LogP contribution >= 0.6 is 27.7 Å². The van der Waals surface area contributed by atoms with Crippen molar-refractivity contribution in [1.29, 1.82) is 0 Å². The summed E-state index contributed by atoms with van der Waals surface area (Å²) in [5, 5.41) is 0. The monoisotopic (exact) mass is 331 g/mol. The first kappa shape index (κ1) is 14.0. The van der Waals surface area contributed by atoms with E-state index in [9.17, 15) is 9.18 Å². The van der Waals surface area contributed by atoms with Crippen molar-refractivity contribution in [2.75, 3.05) is 25.1 Å². The lowest BCUT2D eigenvalue weighted by atomic mass is 10.0. The Morgan fingerprint density at radius 2 is 2.39 bits per heavy atom. The number of nitrogens with zero attached hydrogens (tertiary/aromatic N) is 1. The second-order valence-electron chi connectivity index (χ2n) is 4.43. The number of hydrogen-bond acceptors (Lipinski definition) is 3. The molecule has 0 N–H and O–H groups in total. The molecule has 0 aromatic heterocycles. The summed E-state index contributed by atoms with van der Waals surface area (Å²) in [5.41, 5.74) is 0.726. The van der Waals surface area contributed by atoms with Gasteiger partial charge >= 0.3 is 0 Å². The van der Waals surface area contributed by atoms with Gasteiger partial charge in [0.1, 0.15) is 5.82 Å². The maximum atomic E-state index is 13.4. The standard InChI is InChI=1S/C13H15BrFNOS/c1-16-5-6-18-8-11(16)12(17)7-9-3-2-4-10(15)13(9)14/h2-4,11H,5-8H2,1H3. The summed E-state index contributed by atoms with van der Waals surface area (Å²) < 4.78 is 13.8. The van der Waals surface area contributed by atoms with E-state index in [2.05, 4.69) is 20.8 Å². The van der Waals surface area contributed by atoms with Gasteiger partial charge in [-0.2, -0.15) is 11.8 Å². The summed E-state index contributed by atoms with van der Waals surface area (Å²) in [6, 6.07) is 4.78. The second-order valence-corrected chi connectivity index (χ2v) is 6.37. The molecule has 1 atom stereocenters. The van der Waals surface area contributed by atoms with E-state index in [0.29, 0.717) is 4.47 Å². The predicted octanol–water partition coefficient (Wildman–Crippen LogP) is 2.75. The molecule has 1 aromatic rings. The van der Waals surface area contributed by atoms with Gasteiger partial charge in [0.2, 0.25) is 0 Å². The molecule has 18 heavy (non-hydrogen) atoms. The van der Waals surface area contributed by atoms with Crippen LogP contribution in [0, 0.1) is 5.82 Å². The molecule has 1 aliphatic rings. The third-order valence-corrected chi connectivity index (χ3v) is 5.07. The van der Waals surface area contributed by atoms with E-state index >= 15 is 0 Å². The minimum Gasteiger partial charge on any atom is -0.298 e. The van der Waals surface area contributed by atoms with Crippen LogP contribution < -0.4 is 0 Å². The third kappa shape index (κ3) is 3.13. The molecule has 1 aliphatic heterocycles. The number of rotatable bonds is 3. The van der Waals surface area contributed by atoms with Gasteiger partial charge in [-0.05, 0) is 34.6 Å². The van der Waals surface area contributed by atoms with E-state index < -0.39 is 0 Å². The van der Waals surface area contributed by atoms with E-state index in [1.807, 2.05) is 7.05 Å². The van der Waals surface area contributed by atoms with Gasteiger partial charge in [0.25, 0.3) is 0 Å². The molecule has 5 heteroatoms. The average Bonchev–Trinajstić information content (AvgIpc) is 2.35. The zero-order valence-corrected chi connectivity index (χ0v) is 12.6. The second kappa shape index (κ2) is 6.17. The number of ketones is 1. The largest absolute Gasteiger partial charge is 0.298 e. The number of likely N-dealkylation sites (N-methyl/N-ethyl adjacent to an activating group) is 1. The van der Waals surface area contributed by atoms with Crippen molar-refractivity contribution >= 4 is 33.5 Å². The summed E-state index contributed by atoms with van der Waals surface area (Å²) in [7, 11) is 1.98. The number of thioether (sulfide) groups is 1. The van der Waals surface area contributed by atoms with Crippen molar-refractivity contribution in [3.05, 3.63) is 34.1 Å². The fourth-order valence-electron chi connectivity index (χ4n) is 2.02. The Bertz CT molecular complexity index is 455. The number of benzene rings is 1. The summed E-state index contributed by atoms with van der Waals surface area (Å²) >= 11 is 5.01. The highest BCUT2D eigenvalue weighted by Gasteiger charge is 2.26. The number of halogens is 2. The molecule has 1 unspecified atom stereocenters. The molecule has 1 fully saturated rings. The van der Waals surface area contributed by atoms with Crippen molar-refractivity contribution in [2.24, 2.45) is 0 Å². The molecule has 0 radical (unpaired) electrons. The average molecular weight is 332 g/mol. The summed E-state index contributed by atoms with van der Waals surface area (Å²) in [5.74, 6) is 1.76. The van der Waals surface area contributed by atoms with Crippen LogP contribution in [0.2, 0.25) is 0 Å². The smallest absolute Gasteiger partial charge is 0.155 e. The van der Waals surface area contributed by atoms with Gasteiger partial charge in [-0.3, -0.25) is 9.69 Å². The Morgan fingerprint density at radius 3 is 3.11 bits per heavy atom. The molecule has 1 saturated heterocycles. The van der Waals surface area contributed by atoms with Crippen molar-refractivity contribution in [3.63, 3.8) is 0 Å². The minimum absolute atomic E-state index is 0.0427. The molecule has 1 aromatic carbocycles. The Hall–Kier alpha value is -0.390. The Balaban J connectivity index is 2.09. The molecule has 0 spiro atoms. The first-order chi connectivity index (χ1) is 8.59. The van der Waals surface area contributed by atoms with Crippen LogP contribution in [0.1, 0.15) is 5.56 Å². The summed E-state index contributed by atoms with van der Waals surface area (Å²) in [4.78, 5) is 14.3. The Morgan fingerprint density at radius 1 is 1.61 bits per heavy atom. The van der Waals surface area contributed by atoms with Crippen LogP contribution in [0.3, 0.4) is 0 Å². The number of hydrogen-bond donors (Lipinski definition) is 0. The van der Waals surface area contributed by atoms with E-state index in [1.54, 1.807) is 23.9 Å². The first-order valence-electron chi connectivity index (χ1n) is 5.83. The van der Waals surface area contributed by atoms with Gasteiger partial charge in [-0.1, -0.05) is 12.1 Å². The Labute approximate surface area is 119 Å². The molecule has 0 bridgehead atoms. The van der Waals surface area contributed by atoms with Crippen LogP contribution in [0.25, 0.3) is 0 Å². The molecular weight excluding hydrogens is 317 g/mol. The van der Waals surface area contributed by atoms with Crippen LogP contribution in [0.4, 0.5) is 4.39 Å². The fraction of sp³-hybridized carbons (Fsp3) is 0.462. The summed E-state index contributed by atoms with van der Waals surface area (Å²) in [6.45, 7) is 0.936. The lowest BCUT2D eigenvalue weighted by Gasteiger charge is -2.30. The van der Waals surface area contributed by atoms with Gasteiger partial charge < -0.3 is 0 Å². The zero-order chi connectivity index (χ0) is 13.1. The van der Waals surface area contributed by atoms with Crippen molar-refractivity contribution in [2.45, 2.75) is 12.5 Å². The molecule has 0 amide bonds. The van der Waals surface area contributed by atoms with Crippen LogP contribution in [0.5, 0.6) is 0 Å². The highest BCUT2D eigenvalue weighted by atomic mass is 79.9. The molecule has 0 aliphatic carbocycles. The maximum absolute atomic E-state index is 13.4. The fourth-order valence-corrected chi connectivity index (χ4v) is 3.67. The van der Waals surface area contributed by atoms with Gasteiger partial charge in [0.15, 0.2) is 5.78 Å². The predicted molar refractivity (Wildman–Crippen MR) is 76.6 cm³/mol. The minimum atomic E-state index is -0.313. The quantitative estimate of drug-likeness (QED) is 0.849. The number of Topliss-reactive ketones (excluding diaryl/α,β-unsaturated/α-hetero) is 1. The highest BCUT2D eigenvalue weighted by Crippen LogP contribution is 2.23. The topological polar surface area (TPSA) is 20.3 Å². The van der Waals surface area contributed by atoms with Crippen LogP contribution in [-0.4, -0.2) is 41.8 Å². The molecule has 2 rings (SSSR count). The van der Waals surface area contributed by atoms with E-state index in [4.69, 9.17) is 0 Å². The molecule has 2 nitrogen and oxygen atoms in total. The van der Waals surface area contributed by atoms with Gasteiger partial charge in [0, 0.05) is 24.5 Å². The summed E-state index contributed by atoms with van der Waals surface area (Å²) in [6.07, 6.45) is 0.286. The van der Waals surface area contributed by atoms with Gasteiger partial charge in [-0.15, -0.1) is 0 Å². The normalized spacial score (nSPS) is 20.9. The molecule has 98 valence electrons. The van der Waals surface area contributed by atoms with Crippen molar-refractivity contribution in [3.8, 4) is 0 Å². The van der Waals surface area contributed by atoms with Crippen molar-refractivity contribution in [1.82, 2.24) is 4.90 Å². The zero-order valence-electron chi connectivity index (χ0n) is 10.2. The highest BCUT2D eigenvalue weighted by molar-refractivity contribution is 9.10. The van der Waals surface area contributed by atoms with Gasteiger partial charge in [-0.25, -0.2) is 4.39 Å². The van der Waals surface area contributed by atoms with Gasteiger partial charge in [0.05, 0.1) is 10.5 Å². The number of carbonyl (C=O) groups is 1. The SMILES string of the molecule is CN1CCSCC1C(=O)Cc1cccc(F)c1Br. The van der Waals surface area contributed by atoms with Crippen LogP contribution in [0.15, 0.2) is 22.7 Å². The van der Waals surface area contributed by atoms with E-state index in [-0.39, 0.29) is 24.1 Å². The molecular formula is C13H15BrFNOS. The lowest BCUT2D eigenvalue weighted by molar-refractivity contribution is -0.122. The Kier molecular flexibility index (Phi) is 4.81. The first-order valence-corrected chi connectivity index (χ1v) is 7.78. The molecule has 0 saturated carbocycles. The number of carbonyl (C=O) groups excluding carboxylic acids is 1. The van der Waals surface area contributed by atoms with E-state index in [0.717, 1.165) is 23.6 Å². The maximum Gasteiger partial charge on any atom is 0.155 e. The molecule has 1 heterocycles. The lowest BCUT2D eigenvalue weighted by Crippen LogP contribution is -2.45. The van der Waals surface area contributed by atoms with E-state index in [1.165, 1.54) is 6.07 Å². The third-order valence-electron chi connectivity index (χ3n) is 3.16. The van der Waals surface area contributed by atoms with Crippen molar-refractivity contribution < 1.29 is 9.18 Å².